The molecule has 0 unspecified atom stereocenters. The van der Waals surface area contributed by atoms with Crippen molar-refractivity contribution in [1.29, 1.82) is 0 Å². The molecule has 4 fully saturated rings. The van der Waals surface area contributed by atoms with Crippen molar-refractivity contribution in [2.45, 2.75) is 44.6 Å². The number of aromatic hydroxyl groups is 1. The van der Waals surface area contributed by atoms with E-state index in [1.165, 1.54) is 26.4 Å². The maximum atomic E-state index is 12.8. The van der Waals surface area contributed by atoms with Crippen LogP contribution in [0.4, 0.5) is 0 Å². The maximum Gasteiger partial charge on any atom is 0.331 e. The number of esters is 1. The molecule has 0 heterocycles. The van der Waals surface area contributed by atoms with Crippen molar-refractivity contribution in [3.05, 3.63) is 42.0 Å². The minimum Gasteiger partial charge on any atom is -0.507 e. The van der Waals surface area contributed by atoms with E-state index < -0.39 is 6.04 Å². The summed E-state index contributed by atoms with van der Waals surface area (Å²) < 4.78 is 5.19. The summed E-state index contributed by atoms with van der Waals surface area (Å²) in [7, 11) is 1.46. The molecule has 1 N–H and O–H groups in total. The van der Waals surface area contributed by atoms with Crippen molar-refractivity contribution in [3.63, 3.8) is 0 Å². The molecule has 4 bridgehead atoms. The number of phenols is 1. The number of aliphatic imine (C=N–C) groups is 1. The summed E-state index contributed by atoms with van der Waals surface area (Å²) in [6.07, 6.45) is 8.91. The molecule has 0 amide bonds. The number of ether oxygens (including phenoxy) is 1. The zero-order valence-electron chi connectivity index (χ0n) is 16.3. The highest BCUT2D eigenvalue weighted by molar-refractivity contribution is 6.02. The molecular weight excluding hydrogens is 350 g/mol. The Morgan fingerprint density at radius 1 is 1.11 bits per heavy atom. The molecule has 0 aliphatic heterocycles. The lowest BCUT2D eigenvalue weighted by Crippen LogP contribution is -2.53. The lowest BCUT2D eigenvalue weighted by atomic mass is 9.47. The fourth-order valence-corrected chi connectivity index (χ4v) is 6.66. The molecule has 4 aliphatic carbocycles. The van der Waals surface area contributed by atoms with Gasteiger partial charge in [0.2, 0.25) is 0 Å². The van der Waals surface area contributed by atoms with Gasteiger partial charge < -0.3 is 9.84 Å². The van der Waals surface area contributed by atoms with Gasteiger partial charge in [-0.15, -0.1) is 0 Å². The number of hydrogen-bond acceptors (Lipinski definition) is 4. The number of methoxy groups -OCH3 is 1. The van der Waals surface area contributed by atoms with E-state index in [2.05, 4.69) is 0 Å². The molecule has 0 aromatic heterocycles. The Labute approximate surface area is 165 Å². The third kappa shape index (κ3) is 2.81. The van der Waals surface area contributed by atoms with Crippen LogP contribution in [-0.2, 0) is 9.53 Å². The van der Waals surface area contributed by atoms with E-state index in [-0.39, 0.29) is 17.1 Å². The van der Waals surface area contributed by atoms with E-state index in [9.17, 15) is 9.90 Å². The number of fused-ring (bicyclic) bond motifs is 1. The predicted octanol–water partition coefficient (Wildman–Crippen LogP) is 4.72. The molecule has 0 radical (unpaired) electrons. The summed E-state index contributed by atoms with van der Waals surface area (Å²) >= 11 is 0. The van der Waals surface area contributed by atoms with E-state index in [1.54, 1.807) is 12.3 Å². The van der Waals surface area contributed by atoms with Crippen LogP contribution in [0.5, 0.6) is 5.75 Å². The smallest absolute Gasteiger partial charge is 0.331 e. The molecule has 28 heavy (non-hydrogen) atoms. The third-order valence-electron chi connectivity index (χ3n) is 7.39. The Hall–Kier alpha value is -2.36. The van der Waals surface area contributed by atoms with Gasteiger partial charge in [-0.2, -0.15) is 0 Å². The SMILES string of the molecule is COC(=O)[C@H](N=Cc1c(O)ccc2ccccc12)C12CC3CC(CC(C3)C1)C2. The number of nitrogens with zero attached hydrogens (tertiary/aromatic N) is 1. The van der Waals surface area contributed by atoms with Gasteiger partial charge in [0.05, 0.1) is 7.11 Å². The van der Waals surface area contributed by atoms with E-state index >= 15 is 0 Å². The molecule has 1 atom stereocenters. The first-order valence-corrected chi connectivity index (χ1v) is 10.4. The highest BCUT2D eigenvalue weighted by Crippen LogP contribution is 2.62. The minimum atomic E-state index is -0.482. The summed E-state index contributed by atoms with van der Waals surface area (Å²) in [5, 5.41) is 12.4. The molecule has 2 aromatic rings. The number of rotatable bonds is 4. The highest BCUT2D eigenvalue weighted by atomic mass is 16.5. The first-order valence-electron chi connectivity index (χ1n) is 10.4. The number of phenolic OH excluding ortho intramolecular Hbond substituents is 1. The Balaban J connectivity index is 1.54. The van der Waals surface area contributed by atoms with Gasteiger partial charge in [0.1, 0.15) is 5.75 Å². The Kier molecular flexibility index (Phi) is 4.18. The van der Waals surface area contributed by atoms with Crippen LogP contribution in [0.25, 0.3) is 10.8 Å². The summed E-state index contributed by atoms with van der Waals surface area (Å²) in [5.41, 5.74) is 0.607. The van der Waals surface area contributed by atoms with Crippen LogP contribution in [0.2, 0.25) is 0 Å². The maximum absolute atomic E-state index is 12.8. The number of benzene rings is 2. The average Bonchev–Trinajstić information content (AvgIpc) is 2.68. The van der Waals surface area contributed by atoms with Gasteiger partial charge >= 0.3 is 5.97 Å². The molecule has 4 saturated carbocycles. The molecule has 0 spiro atoms. The fraction of sp³-hybridized carbons (Fsp3) is 0.500. The molecule has 6 rings (SSSR count). The van der Waals surface area contributed by atoms with Gasteiger partial charge in [0.15, 0.2) is 6.04 Å². The molecule has 2 aromatic carbocycles. The van der Waals surface area contributed by atoms with Crippen LogP contribution in [0.1, 0.15) is 44.1 Å². The third-order valence-corrected chi connectivity index (χ3v) is 7.39. The lowest BCUT2D eigenvalue weighted by molar-refractivity contribution is -0.152. The van der Waals surface area contributed by atoms with Crippen LogP contribution < -0.4 is 0 Å². The van der Waals surface area contributed by atoms with Crippen LogP contribution >= 0.6 is 0 Å². The number of carbonyl (C=O) groups excluding carboxylic acids is 1. The lowest BCUT2D eigenvalue weighted by Gasteiger charge is -2.58. The van der Waals surface area contributed by atoms with Gasteiger partial charge in [-0.05, 0) is 73.1 Å². The van der Waals surface area contributed by atoms with Crippen molar-refractivity contribution >= 4 is 23.0 Å². The summed E-state index contributed by atoms with van der Waals surface area (Å²) in [4.78, 5) is 17.6. The van der Waals surface area contributed by atoms with Gasteiger partial charge in [-0.25, -0.2) is 4.79 Å². The van der Waals surface area contributed by atoms with Crippen LogP contribution in [0.15, 0.2) is 41.4 Å². The second kappa shape index (κ2) is 6.61. The highest BCUT2D eigenvalue weighted by Gasteiger charge is 2.56. The summed E-state index contributed by atoms with van der Waals surface area (Å²) in [6, 6.07) is 11.0. The second-order valence-electron chi connectivity index (χ2n) is 9.20. The van der Waals surface area contributed by atoms with Crippen molar-refractivity contribution in [3.8, 4) is 5.75 Å². The normalized spacial score (nSPS) is 32.1. The second-order valence-corrected chi connectivity index (χ2v) is 9.20. The van der Waals surface area contributed by atoms with Gasteiger partial charge in [-0.1, -0.05) is 30.3 Å². The molecule has 4 heteroatoms. The quantitative estimate of drug-likeness (QED) is 0.619. The number of hydrogen-bond donors (Lipinski definition) is 1. The van der Waals surface area contributed by atoms with Crippen molar-refractivity contribution in [2.24, 2.45) is 28.2 Å². The zero-order valence-corrected chi connectivity index (χ0v) is 16.3. The molecule has 4 aliphatic rings. The molecule has 0 saturated heterocycles. The summed E-state index contributed by atoms with van der Waals surface area (Å²) in [6.45, 7) is 0. The predicted molar refractivity (Wildman–Crippen MR) is 110 cm³/mol. The van der Waals surface area contributed by atoms with Crippen molar-refractivity contribution in [1.82, 2.24) is 0 Å². The van der Waals surface area contributed by atoms with E-state index in [0.29, 0.717) is 5.56 Å². The standard InChI is InChI=1S/C24H27NO3/c1-28-23(27)22(24-11-15-8-16(12-24)10-17(9-15)13-24)25-14-20-19-5-3-2-4-18(19)6-7-21(20)26/h2-7,14-17,22,26H,8-13H2,1H3/t15?,16?,17?,22-,24?/m0/s1. The van der Waals surface area contributed by atoms with Crippen LogP contribution in [0, 0.1) is 23.2 Å². The zero-order chi connectivity index (χ0) is 19.3. The van der Waals surface area contributed by atoms with Gasteiger partial charge in [-0.3, -0.25) is 4.99 Å². The van der Waals surface area contributed by atoms with Gasteiger partial charge in [0, 0.05) is 17.2 Å². The number of carbonyl (C=O) groups is 1. The molecule has 4 nitrogen and oxygen atoms in total. The first-order chi connectivity index (χ1) is 13.6. The molecule has 146 valence electrons. The van der Waals surface area contributed by atoms with Gasteiger partial charge in [0.25, 0.3) is 0 Å². The Bertz CT molecular complexity index is 913. The molecular formula is C24H27NO3. The van der Waals surface area contributed by atoms with Crippen molar-refractivity contribution in [2.75, 3.05) is 7.11 Å². The minimum absolute atomic E-state index is 0.0709. The Morgan fingerprint density at radius 3 is 2.39 bits per heavy atom. The fourth-order valence-electron chi connectivity index (χ4n) is 6.66. The van der Waals surface area contributed by atoms with Crippen LogP contribution in [-0.4, -0.2) is 30.4 Å². The topological polar surface area (TPSA) is 58.9 Å². The first kappa shape index (κ1) is 17.7. The van der Waals surface area contributed by atoms with Crippen LogP contribution in [0.3, 0.4) is 0 Å². The van der Waals surface area contributed by atoms with E-state index in [0.717, 1.165) is 47.8 Å². The monoisotopic (exact) mass is 377 g/mol. The van der Waals surface area contributed by atoms with Crippen molar-refractivity contribution < 1.29 is 14.6 Å². The Morgan fingerprint density at radius 2 is 1.75 bits per heavy atom. The van der Waals surface area contributed by atoms with E-state index in [1.807, 2.05) is 30.3 Å². The van der Waals surface area contributed by atoms with E-state index in [4.69, 9.17) is 9.73 Å². The largest absolute Gasteiger partial charge is 0.507 e. The average molecular weight is 377 g/mol. The summed E-state index contributed by atoms with van der Waals surface area (Å²) in [5.74, 6) is 2.16.